The molecule has 1 fully saturated rings. The van der Waals surface area contributed by atoms with Crippen LogP contribution in [0.3, 0.4) is 0 Å². The van der Waals surface area contributed by atoms with Crippen LogP contribution in [-0.4, -0.2) is 11.7 Å². The van der Waals surface area contributed by atoms with E-state index in [1.54, 1.807) is 11.3 Å². The maximum Gasteiger partial charge on any atom is 0.0701 e. The summed E-state index contributed by atoms with van der Waals surface area (Å²) in [6.07, 6.45) is 2.47. The Morgan fingerprint density at radius 1 is 1.62 bits per heavy atom. The van der Waals surface area contributed by atoms with Crippen LogP contribution in [-0.2, 0) is 5.41 Å². The zero-order valence-electron chi connectivity index (χ0n) is 6.92. The Morgan fingerprint density at radius 2 is 2.38 bits per heavy atom. The Kier molecular flexibility index (Phi) is 2.65. The Balaban J connectivity index is 2.20. The van der Waals surface area contributed by atoms with E-state index in [0.717, 1.165) is 6.54 Å². The van der Waals surface area contributed by atoms with Crippen LogP contribution in [0.4, 0.5) is 0 Å². The molecule has 1 nitrogen and oxygen atoms in total. The predicted octanol–water partition coefficient (Wildman–Crippen LogP) is 3.65. The van der Waals surface area contributed by atoms with Crippen LogP contribution in [0.5, 0.6) is 0 Å². The highest BCUT2D eigenvalue weighted by Gasteiger charge is 2.45. The van der Waals surface area contributed by atoms with Gasteiger partial charge in [0.2, 0.25) is 0 Å². The second-order valence-electron chi connectivity index (χ2n) is 3.29. The van der Waals surface area contributed by atoms with Crippen molar-refractivity contribution < 1.29 is 0 Å². The Hall–Kier alpha value is -0.0200. The SMILES string of the molecule is S=C=NCC1(c2ccc(Br)s2)CC1. The molecule has 4 heteroatoms. The van der Waals surface area contributed by atoms with E-state index in [2.05, 4.69) is 50.4 Å². The molecule has 1 heterocycles. The minimum atomic E-state index is 0.308. The number of thiophene rings is 1. The molecule has 1 aliphatic rings. The van der Waals surface area contributed by atoms with Crippen molar-refractivity contribution in [2.24, 2.45) is 4.99 Å². The maximum absolute atomic E-state index is 4.58. The molecule has 0 N–H and O–H groups in total. The van der Waals surface area contributed by atoms with Gasteiger partial charge in [0.15, 0.2) is 0 Å². The summed E-state index contributed by atoms with van der Waals surface area (Å²) in [6, 6.07) is 4.28. The summed E-state index contributed by atoms with van der Waals surface area (Å²) in [6.45, 7) is 0.809. The van der Waals surface area contributed by atoms with E-state index in [9.17, 15) is 0 Å². The first-order valence-electron chi connectivity index (χ1n) is 4.06. The smallest absolute Gasteiger partial charge is 0.0701 e. The lowest BCUT2D eigenvalue weighted by Gasteiger charge is -2.07. The van der Waals surface area contributed by atoms with Crippen molar-refractivity contribution in [3.63, 3.8) is 0 Å². The number of aliphatic imine (C=N–C) groups is 1. The van der Waals surface area contributed by atoms with Crippen molar-refractivity contribution in [1.82, 2.24) is 0 Å². The number of halogens is 1. The molecule has 0 radical (unpaired) electrons. The van der Waals surface area contributed by atoms with E-state index < -0.39 is 0 Å². The van der Waals surface area contributed by atoms with Gasteiger partial charge < -0.3 is 0 Å². The van der Waals surface area contributed by atoms with Crippen LogP contribution >= 0.6 is 39.5 Å². The van der Waals surface area contributed by atoms with Gasteiger partial charge in [-0.3, -0.25) is 0 Å². The lowest BCUT2D eigenvalue weighted by Crippen LogP contribution is -2.07. The Morgan fingerprint density at radius 3 is 2.85 bits per heavy atom. The van der Waals surface area contributed by atoms with E-state index in [0.29, 0.717) is 5.41 Å². The summed E-state index contributed by atoms with van der Waals surface area (Å²) in [5.41, 5.74) is 0.308. The van der Waals surface area contributed by atoms with Gasteiger partial charge in [-0.25, -0.2) is 4.99 Å². The molecule has 0 aliphatic heterocycles. The highest BCUT2D eigenvalue weighted by molar-refractivity contribution is 9.11. The Labute approximate surface area is 95.0 Å². The fourth-order valence-corrected chi connectivity index (χ4v) is 3.10. The predicted molar refractivity (Wildman–Crippen MR) is 62.8 cm³/mol. The van der Waals surface area contributed by atoms with E-state index in [-0.39, 0.29) is 0 Å². The van der Waals surface area contributed by atoms with Gasteiger partial charge in [-0.1, -0.05) is 0 Å². The zero-order valence-corrected chi connectivity index (χ0v) is 10.1. The molecule has 0 amide bonds. The number of hydrogen-bond acceptors (Lipinski definition) is 3. The maximum atomic E-state index is 4.58. The highest BCUT2D eigenvalue weighted by atomic mass is 79.9. The van der Waals surface area contributed by atoms with Crippen molar-refractivity contribution in [2.45, 2.75) is 18.3 Å². The quantitative estimate of drug-likeness (QED) is 0.605. The average molecular weight is 274 g/mol. The van der Waals surface area contributed by atoms with Crippen LogP contribution in [0, 0.1) is 0 Å². The molecule has 13 heavy (non-hydrogen) atoms. The lowest BCUT2D eigenvalue weighted by atomic mass is 10.1. The molecule has 2 rings (SSSR count). The third-order valence-electron chi connectivity index (χ3n) is 2.40. The minimum Gasteiger partial charge on any atom is -0.232 e. The summed E-state index contributed by atoms with van der Waals surface area (Å²) < 4.78 is 1.19. The molecule has 1 saturated carbocycles. The van der Waals surface area contributed by atoms with Gasteiger partial charge in [-0.15, -0.1) is 11.3 Å². The molecule has 1 aliphatic carbocycles. The van der Waals surface area contributed by atoms with Crippen molar-refractivity contribution >= 4 is 44.6 Å². The van der Waals surface area contributed by atoms with E-state index >= 15 is 0 Å². The van der Waals surface area contributed by atoms with Gasteiger partial charge in [-0.05, 0) is 53.1 Å². The molecule has 0 unspecified atom stereocenters. The zero-order chi connectivity index (χ0) is 9.31. The molecule has 68 valence electrons. The van der Waals surface area contributed by atoms with Gasteiger partial charge in [0.1, 0.15) is 0 Å². The number of rotatable bonds is 3. The first-order valence-corrected chi connectivity index (χ1v) is 6.08. The lowest BCUT2D eigenvalue weighted by molar-refractivity contribution is 0.725. The summed E-state index contributed by atoms with van der Waals surface area (Å²) in [4.78, 5) is 5.47. The topological polar surface area (TPSA) is 12.4 Å². The fourth-order valence-electron chi connectivity index (χ4n) is 1.42. The van der Waals surface area contributed by atoms with Crippen LogP contribution in [0.25, 0.3) is 0 Å². The summed E-state index contributed by atoms with van der Waals surface area (Å²) >= 11 is 9.86. The number of thiocarbonyl (C=S) groups is 1. The van der Waals surface area contributed by atoms with Crippen LogP contribution in [0.2, 0.25) is 0 Å². The third kappa shape index (κ3) is 1.91. The fraction of sp³-hybridized carbons (Fsp3) is 0.444. The minimum absolute atomic E-state index is 0.308. The van der Waals surface area contributed by atoms with Crippen LogP contribution < -0.4 is 0 Å². The molecule has 1 aromatic rings. The summed E-state index contributed by atoms with van der Waals surface area (Å²) in [5, 5.41) is 2.44. The normalized spacial score (nSPS) is 17.9. The molecule has 1 aromatic heterocycles. The number of hydrogen-bond donors (Lipinski definition) is 0. The summed E-state index contributed by atoms with van der Waals surface area (Å²) in [5.74, 6) is 0. The highest BCUT2D eigenvalue weighted by Crippen LogP contribution is 2.51. The van der Waals surface area contributed by atoms with Crippen molar-refractivity contribution in [3.05, 3.63) is 20.8 Å². The van der Waals surface area contributed by atoms with Crippen LogP contribution in [0.15, 0.2) is 20.9 Å². The molecule has 0 saturated heterocycles. The molecular formula is C9H8BrNS2. The Bertz CT molecular complexity index is 361. The third-order valence-corrected chi connectivity index (χ3v) is 4.39. The number of nitrogens with zero attached hydrogens (tertiary/aromatic N) is 1. The molecule has 0 aromatic carbocycles. The van der Waals surface area contributed by atoms with Crippen molar-refractivity contribution in [2.75, 3.05) is 6.54 Å². The number of isothiocyanates is 1. The van der Waals surface area contributed by atoms with Gasteiger partial charge in [0.25, 0.3) is 0 Å². The summed E-state index contributed by atoms with van der Waals surface area (Å²) in [7, 11) is 0. The first kappa shape index (κ1) is 9.53. The second-order valence-corrected chi connectivity index (χ2v) is 5.94. The van der Waals surface area contributed by atoms with Crippen molar-refractivity contribution in [3.8, 4) is 0 Å². The largest absolute Gasteiger partial charge is 0.232 e. The van der Waals surface area contributed by atoms with Crippen LogP contribution in [0.1, 0.15) is 17.7 Å². The first-order chi connectivity index (χ1) is 6.27. The second kappa shape index (κ2) is 3.62. The molecule has 0 spiro atoms. The van der Waals surface area contributed by atoms with Gasteiger partial charge >= 0.3 is 0 Å². The van der Waals surface area contributed by atoms with E-state index in [1.807, 2.05) is 0 Å². The van der Waals surface area contributed by atoms with Gasteiger partial charge in [0.05, 0.1) is 15.5 Å². The van der Waals surface area contributed by atoms with Gasteiger partial charge in [0, 0.05) is 10.3 Å². The molecular weight excluding hydrogens is 266 g/mol. The standard InChI is InChI=1S/C9H8BrNS2/c10-8-2-1-7(13-8)9(3-4-9)5-11-6-12/h1-2H,3-5H2. The van der Waals surface area contributed by atoms with E-state index in [4.69, 9.17) is 0 Å². The van der Waals surface area contributed by atoms with Crippen molar-refractivity contribution in [1.29, 1.82) is 0 Å². The van der Waals surface area contributed by atoms with E-state index in [1.165, 1.54) is 21.5 Å². The van der Waals surface area contributed by atoms with Gasteiger partial charge in [-0.2, -0.15) is 0 Å². The monoisotopic (exact) mass is 273 g/mol. The molecule has 0 atom stereocenters. The average Bonchev–Trinajstić information content (AvgIpc) is 2.80. The molecule has 0 bridgehead atoms.